The highest BCUT2D eigenvalue weighted by Crippen LogP contribution is 2.29. The van der Waals surface area contributed by atoms with Crippen molar-refractivity contribution in [3.63, 3.8) is 0 Å². The maximum absolute atomic E-state index is 12.9. The first kappa shape index (κ1) is 15.9. The molecule has 0 aliphatic rings. The molecule has 0 aliphatic carbocycles. The Morgan fingerprint density at radius 3 is 2.45 bits per heavy atom. The highest BCUT2D eigenvalue weighted by molar-refractivity contribution is 5.79. The fourth-order valence-electron chi connectivity index (χ4n) is 1.59. The van der Waals surface area contributed by atoms with E-state index in [1.165, 1.54) is 18.2 Å². The Kier molecular flexibility index (Phi) is 4.75. The number of halogens is 5. The van der Waals surface area contributed by atoms with Gasteiger partial charge in [0.1, 0.15) is 12.8 Å². The van der Waals surface area contributed by atoms with Gasteiger partial charge in [0.25, 0.3) is 0 Å². The van der Waals surface area contributed by atoms with Crippen molar-refractivity contribution in [2.45, 2.75) is 12.8 Å². The van der Waals surface area contributed by atoms with Gasteiger partial charge in [0.05, 0.1) is 5.56 Å². The third kappa shape index (κ3) is 4.28. The van der Waals surface area contributed by atoms with Gasteiger partial charge in [0.2, 0.25) is 0 Å². The minimum absolute atomic E-state index is 0.0834. The summed E-state index contributed by atoms with van der Waals surface area (Å²) < 4.78 is 63.1. The fourth-order valence-corrected chi connectivity index (χ4v) is 1.59. The van der Waals surface area contributed by atoms with E-state index in [0.29, 0.717) is 5.56 Å². The molecule has 115 valence electrons. The molecule has 0 fully saturated rings. The second-order valence-corrected chi connectivity index (χ2v) is 4.30. The summed E-state index contributed by atoms with van der Waals surface area (Å²) in [6.07, 6.45) is -2.17. The fraction of sp³-hybridized carbons (Fsp3) is 0.133. The van der Waals surface area contributed by atoms with Crippen LogP contribution < -0.4 is 0 Å². The lowest BCUT2D eigenvalue weighted by atomic mass is 10.1. The molecule has 2 aromatic carbocycles. The molecule has 0 unspecified atom stereocenters. The number of alkyl halides is 3. The lowest BCUT2D eigenvalue weighted by molar-refractivity contribution is -0.137. The first-order valence-corrected chi connectivity index (χ1v) is 6.05. The first-order valence-electron chi connectivity index (χ1n) is 6.05. The van der Waals surface area contributed by atoms with Gasteiger partial charge in [-0.3, -0.25) is 0 Å². The van der Waals surface area contributed by atoms with Gasteiger partial charge in [-0.1, -0.05) is 23.4 Å². The largest absolute Gasteiger partial charge is 0.416 e. The zero-order chi connectivity index (χ0) is 16.2. The molecule has 0 bridgehead atoms. The van der Waals surface area contributed by atoms with Crippen molar-refractivity contribution in [1.82, 2.24) is 0 Å². The van der Waals surface area contributed by atoms with Crippen LogP contribution in [0.15, 0.2) is 47.6 Å². The van der Waals surface area contributed by atoms with Crippen molar-refractivity contribution in [2.24, 2.45) is 5.16 Å². The van der Waals surface area contributed by atoms with E-state index in [9.17, 15) is 22.0 Å². The predicted octanol–water partition coefficient (Wildman–Crippen LogP) is 4.41. The number of nitrogens with zero attached hydrogens (tertiary/aromatic N) is 1. The van der Waals surface area contributed by atoms with Crippen LogP contribution in [0.1, 0.15) is 16.7 Å². The third-order valence-electron chi connectivity index (χ3n) is 2.64. The molecule has 0 spiro atoms. The summed E-state index contributed by atoms with van der Waals surface area (Å²) in [5.41, 5.74) is -0.415. The molecule has 0 aromatic heterocycles. The number of rotatable bonds is 4. The van der Waals surface area contributed by atoms with Gasteiger partial charge in [0, 0.05) is 5.56 Å². The van der Waals surface area contributed by atoms with Crippen LogP contribution in [0.2, 0.25) is 0 Å². The van der Waals surface area contributed by atoms with Gasteiger partial charge < -0.3 is 4.84 Å². The van der Waals surface area contributed by atoms with Crippen molar-refractivity contribution < 1.29 is 26.8 Å². The summed E-state index contributed by atoms with van der Waals surface area (Å²) >= 11 is 0. The monoisotopic (exact) mass is 314 g/mol. The number of hydrogen-bond acceptors (Lipinski definition) is 2. The molecule has 22 heavy (non-hydrogen) atoms. The average molecular weight is 314 g/mol. The molecule has 0 atom stereocenters. The quantitative estimate of drug-likeness (QED) is 0.465. The summed E-state index contributed by atoms with van der Waals surface area (Å²) in [4.78, 5) is 4.79. The van der Waals surface area contributed by atoms with Crippen LogP contribution in [0.3, 0.4) is 0 Å². The molecule has 2 nitrogen and oxygen atoms in total. The van der Waals surface area contributed by atoms with E-state index in [1.54, 1.807) is 0 Å². The first-order chi connectivity index (χ1) is 10.4. The van der Waals surface area contributed by atoms with Crippen molar-refractivity contribution in [2.75, 3.05) is 0 Å². The third-order valence-corrected chi connectivity index (χ3v) is 2.64. The van der Waals surface area contributed by atoms with Crippen LogP contribution in [0.25, 0.3) is 0 Å². The van der Waals surface area contributed by atoms with E-state index < -0.39 is 23.4 Å². The molecule has 2 aromatic rings. The standard InChI is InChI=1S/C15H9F5NO/c16-13-5-4-11(7-14(13)17)9-22-21-8-10-2-1-3-12(6-10)15(18,19)20/h1-7H,9H2. The van der Waals surface area contributed by atoms with E-state index in [2.05, 4.69) is 11.4 Å². The van der Waals surface area contributed by atoms with Gasteiger partial charge in [-0.05, 0) is 29.8 Å². The molecule has 0 aliphatic heterocycles. The number of benzene rings is 2. The smallest absolute Gasteiger partial charge is 0.390 e. The lowest BCUT2D eigenvalue weighted by Crippen LogP contribution is -2.05. The van der Waals surface area contributed by atoms with Crippen LogP contribution in [0, 0.1) is 11.6 Å². The Labute approximate surface area is 122 Å². The Bertz CT molecular complexity index is 682. The van der Waals surface area contributed by atoms with E-state index in [4.69, 9.17) is 4.84 Å². The molecule has 7 heteroatoms. The zero-order valence-electron chi connectivity index (χ0n) is 11.0. The highest BCUT2D eigenvalue weighted by atomic mass is 19.4. The van der Waals surface area contributed by atoms with Crippen LogP contribution in [0.4, 0.5) is 22.0 Å². The molecule has 0 saturated carbocycles. The van der Waals surface area contributed by atoms with E-state index >= 15 is 0 Å². The van der Waals surface area contributed by atoms with Crippen LogP contribution >= 0.6 is 0 Å². The van der Waals surface area contributed by atoms with Gasteiger partial charge in [-0.25, -0.2) is 8.78 Å². The van der Waals surface area contributed by atoms with Crippen LogP contribution in [-0.4, -0.2) is 6.21 Å². The van der Waals surface area contributed by atoms with Gasteiger partial charge >= 0.3 is 6.18 Å². The Morgan fingerprint density at radius 1 is 1.00 bits per heavy atom. The Hall–Kier alpha value is -2.44. The van der Waals surface area contributed by atoms with Gasteiger partial charge in [0.15, 0.2) is 11.6 Å². The van der Waals surface area contributed by atoms with Crippen LogP contribution in [-0.2, 0) is 17.6 Å². The second kappa shape index (κ2) is 6.55. The van der Waals surface area contributed by atoms with Crippen molar-refractivity contribution in [3.8, 4) is 0 Å². The summed E-state index contributed by atoms with van der Waals surface area (Å²) in [5, 5.41) is 3.38. The Morgan fingerprint density at radius 2 is 1.77 bits per heavy atom. The molecular formula is C15H9F5NO. The summed E-state index contributed by atoms with van der Waals surface area (Å²) in [7, 11) is 0. The van der Waals surface area contributed by atoms with Crippen LogP contribution in [0.5, 0.6) is 0 Å². The van der Waals surface area contributed by atoms with Gasteiger partial charge in [-0.15, -0.1) is 0 Å². The van der Waals surface area contributed by atoms with E-state index in [0.717, 1.165) is 24.3 Å². The minimum Gasteiger partial charge on any atom is -0.390 e. The molecule has 1 radical (unpaired) electrons. The average Bonchev–Trinajstić information content (AvgIpc) is 2.47. The second-order valence-electron chi connectivity index (χ2n) is 4.30. The van der Waals surface area contributed by atoms with Crippen molar-refractivity contribution >= 4 is 6.21 Å². The Balaban J connectivity index is 1.96. The topological polar surface area (TPSA) is 21.6 Å². The number of hydrogen-bond donors (Lipinski definition) is 0. The molecule has 0 heterocycles. The van der Waals surface area contributed by atoms with E-state index in [-0.39, 0.29) is 12.2 Å². The summed E-state index contributed by atoms with van der Waals surface area (Å²) in [6, 6.07) is 7.56. The molecule has 0 amide bonds. The van der Waals surface area contributed by atoms with Crippen molar-refractivity contribution in [3.05, 3.63) is 70.8 Å². The molecule has 0 N–H and O–H groups in total. The van der Waals surface area contributed by atoms with Crippen molar-refractivity contribution in [1.29, 1.82) is 0 Å². The molecular weight excluding hydrogens is 305 g/mol. The summed E-state index contributed by atoms with van der Waals surface area (Å²) in [6.45, 7) is -0.164. The molecule has 2 rings (SSSR count). The maximum Gasteiger partial charge on any atom is 0.416 e. The zero-order valence-corrected chi connectivity index (χ0v) is 11.0. The SMILES string of the molecule is Fc1ccc(CO/N=[C]\c2cccc(C(F)(F)F)c2)cc1F. The maximum atomic E-state index is 12.9. The minimum atomic E-state index is -4.45. The van der Waals surface area contributed by atoms with Gasteiger partial charge in [-0.2, -0.15) is 13.2 Å². The molecule has 0 saturated heterocycles. The normalized spacial score (nSPS) is 11.9. The summed E-state index contributed by atoms with van der Waals surface area (Å²) in [5.74, 6) is -2.00. The highest BCUT2D eigenvalue weighted by Gasteiger charge is 2.30. The predicted molar refractivity (Wildman–Crippen MR) is 69.1 cm³/mol. The van der Waals surface area contributed by atoms with E-state index in [1.807, 2.05) is 0 Å². The lowest BCUT2D eigenvalue weighted by Gasteiger charge is -2.06.